The lowest BCUT2D eigenvalue weighted by molar-refractivity contribution is 0.0765. The molecule has 3 aromatic rings. The molecule has 34 heavy (non-hydrogen) atoms. The molecule has 4 rings (SSSR count). The molecule has 0 N–H and O–H groups in total. The Labute approximate surface area is 206 Å². The molecule has 0 aliphatic carbocycles. The van der Waals surface area contributed by atoms with Crippen molar-refractivity contribution in [3.8, 4) is 22.1 Å². The molecule has 7 heteroatoms. The Kier molecular flexibility index (Phi) is 8.19. The minimum Gasteiger partial charge on any atom is -0.493 e. The Morgan fingerprint density at radius 3 is 2.56 bits per heavy atom. The molecule has 0 radical (unpaired) electrons. The van der Waals surface area contributed by atoms with Crippen molar-refractivity contribution >= 4 is 17.2 Å². The third-order valence-electron chi connectivity index (χ3n) is 6.28. The van der Waals surface area contributed by atoms with Crippen LogP contribution in [0.1, 0.15) is 33.8 Å². The largest absolute Gasteiger partial charge is 0.493 e. The van der Waals surface area contributed by atoms with Crippen LogP contribution in [0.3, 0.4) is 0 Å². The number of benzene rings is 2. The van der Waals surface area contributed by atoms with Crippen molar-refractivity contribution in [2.45, 2.75) is 26.2 Å². The Bertz CT molecular complexity index is 1100. The number of aryl methyl sites for hydroxylation is 2. The van der Waals surface area contributed by atoms with Crippen LogP contribution in [-0.4, -0.2) is 67.6 Å². The fourth-order valence-corrected chi connectivity index (χ4v) is 5.41. The zero-order valence-corrected chi connectivity index (χ0v) is 21.1. The maximum absolute atomic E-state index is 13.4. The van der Waals surface area contributed by atoms with Crippen LogP contribution >= 0.6 is 11.3 Å². The van der Waals surface area contributed by atoms with Crippen molar-refractivity contribution in [1.82, 2.24) is 14.8 Å². The van der Waals surface area contributed by atoms with E-state index in [-0.39, 0.29) is 5.91 Å². The number of ether oxygens (including phenoxy) is 2. The van der Waals surface area contributed by atoms with Crippen LogP contribution in [0.5, 0.6) is 11.5 Å². The van der Waals surface area contributed by atoms with Crippen LogP contribution in [0.4, 0.5) is 0 Å². The summed E-state index contributed by atoms with van der Waals surface area (Å²) in [7, 11) is 3.24. The van der Waals surface area contributed by atoms with Gasteiger partial charge in [0.25, 0.3) is 5.91 Å². The molecule has 1 aliphatic heterocycles. The van der Waals surface area contributed by atoms with Gasteiger partial charge >= 0.3 is 0 Å². The number of hydrogen-bond acceptors (Lipinski definition) is 6. The van der Waals surface area contributed by atoms with Crippen molar-refractivity contribution in [1.29, 1.82) is 0 Å². The summed E-state index contributed by atoms with van der Waals surface area (Å²) in [5.74, 6) is 1.42. The summed E-state index contributed by atoms with van der Waals surface area (Å²) < 4.78 is 10.8. The summed E-state index contributed by atoms with van der Waals surface area (Å²) in [4.78, 5) is 23.3. The van der Waals surface area contributed by atoms with Crippen LogP contribution in [0.2, 0.25) is 0 Å². The van der Waals surface area contributed by atoms with Gasteiger partial charge in [0.05, 0.1) is 19.9 Å². The third kappa shape index (κ3) is 5.77. The van der Waals surface area contributed by atoms with Crippen molar-refractivity contribution in [2.75, 3.05) is 46.9 Å². The Morgan fingerprint density at radius 1 is 1.00 bits per heavy atom. The SMILES string of the molecule is COc1ccc(-c2nc(C)c(C(=O)N3CCCN(CCCc4ccccc4)CC3)s2)cc1OC. The predicted molar refractivity (Wildman–Crippen MR) is 137 cm³/mol. The molecule has 180 valence electrons. The van der Waals surface area contributed by atoms with Gasteiger partial charge in [-0.15, -0.1) is 11.3 Å². The van der Waals surface area contributed by atoms with Gasteiger partial charge in [-0.3, -0.25) is 4.79 Å². The fourth-order valence-electron chi connectivity index (χ4n) is 4.38. The Morgan fingerprint density at radius 2 is 1.79 bits per heavy atom. The summed E-state index contributed by atoms with van der Waals surface area (Å²) in [5, 5.41) is 0.819. The molecule has 6 nitrogen and oxygen atoms in total. The van der Waals surface area contributed by atoms with Crippen molar-refractivity contribution in [2.24, 2.45) is 0 Å². The lowest BCUT2D eigenvalue weighted by Gasteiger charge is -2.21. The van der Waals surface area contributed by atoms with E-state index in [4.69, 9.17) is 14.5 Å². The molecule has 1 fully saturated rings. The van der Waals surface area contributed by atoms with Crippen LogP contribution in [0.15, 0.2) is 48.5 Å². The quantitative estimate of drug-likeness (QED) is 0.459. The van der Waals surface area contributed by atoms with Crippen molar-refractivity contribution in [3.05, 3.63) is 64.7 Å². The van der Waals surface area contributed by atoms with Gasteiger partial charge in [0.2, 0.25) is 0 Å². The van der Waals surface area contributed by atoms with Gasteiger partial charge in [0.15, 0.2) is 11.5 Å². The normalized spacial score (nSPS) is 14.6. The first-order chi connectivity index (χ1) is 16.6. The maximum atomic E-state index is 13.4. The van der Waals surface area contributed by atoms with E-state index < -0.39 is 0 Å². The minimum absolute atomic E-state index is 0.0906. The second-order valence-electron chi connectivity index (χ2n) is 8.58. The lowest BCUT2D eigenvalue weighted by atomic mass is 10.1. The van der Waals surface area contributed by atoms with Crippen LogP contribution in [0, 0.1) is 6.92 Å². The van der Waals surface area contributed by atoms with E-state index in [0.717, 1.165) is 73.1 Å². The van der Waals surface area contributed by atoms with Crippen LogP contribution in [-0.2, 0) is 6.42 Å². The Hall–Kier alpha value is -2.90. The molecule has 2 heterocycles. The number of aromatic nitrogens is 1. The topological polar surface area (TPSA) is 54.9 Å². The molecule has 1 aliphatic rings. The number of carbonyl (C=O) groups excluding carboxylic acids is 1. The molecular weight excluding hydrogens is 446 g/mol. The number of amides is 1. The molecule has 0 bridgehead atoms. The molecule has 0 spiro atoms. The number of rotatable bonds is 8. The molecule has 0 atom stereocenters. The van der Waals surface area contributed by atoms with E-state index in [1.165, 1.54) is 16.9 Å². The molecule has 1 aromatic heterocycles. The number of methoxy groups -OCH3 is 2. The highest BCUT2D eigenvalue weighted by molar-refractivity contribution is 7.17. The van der Waals surface area contributed by atoms with Crippen molar-refractivity contribution in [3.63, 3.8) is 0 Å². The maximum Gasteiger partial charge on any atom is 0.265 e. The van der Waals surface area contributed by atoms with Gasteiger partial charge in [-0.05, 0) is 63.0 Å². The average molecular weight is 480 g/mol. The van der Waals surface area contributed by atoms with E-state index in [0.29, 0.717) is 11.5 Å². The fraction of sp³-hybridized carbons (Fsp3) is 0.407. The van der Waals surface area contributed by atoms with Crippen LogP contribution < -0.4 is 9.47 Å². The summed E-state index contributed by atoms with van der Waals surface area (Å²) in [5.41, 5.74) is 3.09. The second-order valence-corrected chi connectivity index (χ2v) is 9.58. The number of nitrogens with zero attached hydrogens (tertiary/aromatic N) is 3. The van der Waals surface area contributed by atoms with E-state index in [9.17, 15) is 4.79 Å². The standard InChI is InChI=1S/C27H33N3O3S/c1-20-25(34-26(28-20)22-12-13-23(32-2)24(19-22)33-3)27(31)30-16-8-15-29(17-18-30)14-7-11-21-9-5-4-6-10-21/h4-6,9-10,12-13,19H,7-8,11,14-18H2,1-3H3. The first-order valence-electron chi connectivity index (χ1n) is 11.8. The smallest absolute Gasteiger partial charge is 0.265 e. The molecular formula is C27H33N3O3S. The van der Waals surface area contributed by atoms with Gasteiger partial charge in [-0.2, -0.15) is 0 Å². The van der Waals surface area contributed by atoms with Gasteiger partial charge in [0.1, 0.15) is 9.88 Å². The highest BCUT2D eigenvalue weighted by atomic mass is 32.1. The summed E-state index contributed by atoms with van der Waals surface area (Å²) in [6, 6.07) is 16.4. The van der Waals surface area contributed by atoms with E-state index in [2.05, 4.69) is 35.2 Å². The van der Waals surface area contributed by atoms with E-state index in [1.807, 2.05) is 30.0 Å². The van der Waals surface area contributed by atoms with Gasteiger partial charge in [-0.25, -0.2) is 4.98 Å². The summed E-state index contributed by atoms with van der Waals surface area (Å²) in [6.07, 6.45) is 3.23. The first kappa shape index (κ1) is 24.2. The summed E-state index contributed by atoms with van der Waals surface area (Å²) >= 11 is 1.45. The molecule has 0 unspecified atom stereocenters. The number of thiazole rings is 1. The van der Waals surface area contributed by atoms with Gasteiger partial charge in [-0.1, -0.05) is 30.3 Å². The van der Waals surface area contributed by atoms with Crippen molar-refractivity contribution < 1.29 is 14.3 Å². The Balaban J connectivity index is 1.37. The minimum atomic E-state index is 0.0906. The highest BCUT2D eigenvalue weighted by Gasteiger charge is 2.24. The van der Waals surface area contributed by atoms with Gasteiger partial charge < -0.3 is 19.3 Å². The zero-order valence-electron chi connectivity index (χ0n) is 20.3. The van der Waals surface area contributed by atoms with Crippen LogP contribution in [0.25, 0.3) is 10.6 Å². The predicted octanol–water partition coefficient (Wildman–Crippen LogP) is 4.92. The summed E-state index contributed by atoms with van der Waals surface area (Å²) in [6.45, 7) is 6.49. The molecule has 1 amide bonds. The van der Waals surface area contributed by atoms with Gasteiger partial charge in [0, 0.05) is 25.2 Å². The number of carbonyl (C=O) groups is 1. The number of hydrogen-bond donors (Lipinski definition) is 0. The third-order valence-corrected chi connectivity index (χ3v) is 7.47. The second kappa shape index (κ2) is 11.5. The highest BCUT2D eigenvalue weighted by Crippen LogP contribution is 2.35. The van der Waals surface area contributed by atoms with E-state index >= 15 is 0 Å². The molecule has 2 aromatic carbocycles. The molecule has 0 saturated carbocycles. The molecule has 1 saturated heterocycles. The first-order valence-corrected chi connectivity index (χ1v) is 12.7. The monoisotopic (exact) mass is 479 g/mol. The van der Waals surface area contributed by atoms with E-state index in [1.54, 1.807) is 14.2 Å². The zero-order chi connectivity index (χ0) is 23.9. The lowest BCUT2D eigenvalue weighted by Crippen LogP contribution is -2.35. The average Bonchev–Trinajstić information content (AvgIpc) is 3.10.